The Hall–Kier alpha value is -0.863. The molecule has 0 saturated heterocycles. The molecule has 0 N–H and O–H groups in total. The van der Waals surface area contributed by atoms with Crippen LogP contribution >= 0.6 is 0 Å². The van der Waals surface area contributed by atoms with Crippen LogP contribution in [0.3, 0.4) is 0 Å². The van der Waals surface area contributed by atoms with E-state index in [4.69, 9.17) is 4.43 Å². The molecule has 0 heterocycles. The van der Waals surface area contributed by atoms with Crippen molar-refractivity contribution < 1.29 is 4.43 Å². The van der Waals surface area contributed by atoms with E-state index in [0.717, 1.165) is 18.7 Å². The van der Waals surface area contributed by atoms with E-state index in [1.807, 2.05) is 0 Å². The molecule has 0 aliphatic carbocycles. The molecule has 17 heavy (non-hydrogen) atoms. The average Bonchev–Trinajstić information content (AvgIpc) is 2.39. The van der Waals surface area contributed by atoms with Crippen LogP contribution in [0.25, 0.3) is 5.57 Å². The first kappa shape index (κ1) is 14.2. The average molecular weight is 248 g/mol. The van der Waals surface area contributed by atoms with E-state index >= 15 is 0 Å². The van der Waals surface area contributed by atoms with Gasteiger partial charge >= 0.3 is 0 Å². The summed E-state index contributed by atoms with van der Waals surface area (Å²) in [5, 5.41) is 0. The maximum absolute atomic E-state index is 6.08. The molecule has 0 unspecified atom stereocenters. The second-order valence-electron chi connectivity index (χ2n) is 4.40. The maximum Gasteiger partial charge on any atom is 0.216 e. The molecule has 0 saturated carbocycles. The van der Waals surface area contributed by atoms with Gasteiger partial charge in [-0.05, 0) is 37.1 Å². The Balaban J connectivity index is 2.98. The maximum atomic E-state index is 6.08. The van der Waals surface area contributed by atoms with Crippen molar-refractivity contribution in [1.82, 2.24) is 0 Å². The van der Waals surface area contributed by atoms with Crippen LogP contribution in [0, 0.1) is 0 Å². The Kier molecular flexibility index (Phi) is 5.66. The zero-order valence-electron chi connectivity index (χ0n) is 11.5. The lowest BCUT2D eigenvalue weighted by Crippen LogP contribution is -2.35. The second kappa shape index (κ2) is 6.77. The molecule has 0 amide bonds. The van der Waals surface area contributed by atoms with Gasteiger partial charge in [-0.2, -0.15) is 0 Å². The van der Waals surface area contributed by atoms with Gasteiger partial charge < -0.3 is 4.43 Å². The van der Waals surface area contributed by atoms with E-state index in [9.17, 15) is 0 Å². The van der Waals surface area contributed by atoms with Crippen LogP contribution in [0.15, 0.2) is 36.0 Å². The SMILES string of the molecule is CCO[Si](C=C(C)c1ccccc1)(CC)CC. The van der Waals surface area contributed by atoms with Gasteiger partial charge in [-0.3, -0.25) is 0 Å². The first-order valence-electron chi connectivity index (χ1n) is 6.56. The van der Waals surface area contributed by atoms with E-state index in [0.29, 0.717) is 0 Å². The van der Waals surface area contributed by atoms with E-state index in [1.165, 1.54) is 11.1 Å². The van der Waals surface area contributed by atoms with Crippen molar-refractivity contribution in [3.63, 3.8) is 0 Å². The number of allylic oxidation sites excluding steroid dienone is 1. The Morgan fingerprint density at radius 2 is 1.71 bits per heavy atom. The number of benzene rings is 1. The third-order valence-corrected chi connectivity index (χ3v) is 7.55. The van der Waals surface area contributed by atoms with Crippen molar-refractivity contribution in [2.24, 2.45) is 0 Å². The van der Waals surface area contributed by atoms with Crippen LogP contribution in [-0.2, 0) is 4.43 Å². The molecule has 1 nitrogen and oxygen atoms in total. The van der Waals surface area contributed by atoms with Gasteiger partial charge in [-0.15, -0.1) is 0 Å². The highest BCUT2D eigenvalue weighted by molar-refractivity contribution is 6.79. The number of rotatable bonds is 6. The van der Waals surface area contributed by atoms with Gasteiger partial charge in [-0.1, -0.05) is 49.9 Å². The van der Waals surface area contributed by atoms with Crippen LogP contribution in [0.2, 0.25) is 12.1 Å². The summed E-state index contributed by atoms with van der Waals surface area (Å²) in [6.07, 6.45) is 0. The van der Waals surface area contributed by atoms with Crippen molar-refractivity contribution in [3.8, 4) is 0 Å². The first-order chi connectivity index (χ1) is 8.17. The van der Waals surface area contributed by atoms with E-state index in [1.54, 1.807) is 0 Å². The zero-order chi connectivity index (χ0) is 12.7. The molecule has 0 fully saturated rings. The van der Waals surface area contributed by atoms with Gasteiger partial charge in [0.05, 0.1) is 0 Å². The van der Waals surface area contributed by atoms with E-state index < -0.39 is 8.32 Å². The summed E-state index contributed by atoms with van der Waals surface area (Å²) in [7, 11) is -1.65. The summed E-state index contributed by atoms with van der Waals surface area (Å²) >= 11 is 0. The molecule has 1 aromatic rings. The lowest BCUT2D eigenvalue weighted by molar-refractivity contribution is 0.329. The molecule has 0 radical (unpaired) electrons. The second-order valence-corrected chi connectivity index (χ2v) is 8.52. The highest BCUT2D eigenvalue weighted by Gasteiger charge is 2.28. The van der Waals surface area contributed by atoms with Gasteiger partial charge in [0, 0.05) is 6.61 Å². The fourth-order valence-corrected chi connectivity index (χ4v) is 5.10. The number of hydrogen-bond acceptors (Lipinski definition) is 1. The van der Waals surface area contributed by atoms with Crippen LogP contribution in [0.1, 0.15) is 33.3 Å². The van der Waals surface area contributed by atoms with Crippen LogP contribution in [0.4, 0.5) is 0 Å². The van der Waals surface area contributed by atoms with Crippen molar-refractivity contribution in [3.05, 3.63) is 41.6 Å². The Morgan fingerprint density at radius 1 is 1.12 bits per heavy atom. The summed E-state index contributed by atoms with van der Waals surface area (Å²) in [5.74, 6) is 0. The standard InChI is InChI=1S/C15H24OSi/c1-5-16-17(6-2,7-3)13-14(4)15-11-9-8-10-12-15/h8-13H,5-7H2,1-4H3. The highest BCUT2D eigenvalue weighted by Crippen LogP contribution is 2.24. The van der Waals surface area contributed by atoms with Crippen molar-refractivity contribution in [2.75, 3.05) is 6.61 Å². The molecule has 0 spiro atoms. The van der Waals surface area contributed by atoms with E-state index in [2.05, 4.69) is 63.7 Å². The van der Waals surface area contributed by atoms with Crippen LogP contribution in [-0.4, -0.2) is 14.9 Å². The predicted molar refractivity (Wildman–Crippen MR) is 78.4 cm³/mol. The largest absolute Gasteiger partial charge is 0.413 e. The van der Waals surface area contributed by atoms with Gasteiger partial charge in [0.25, 0.3) is 0 Å². The van der Waals surface area contributed by atoms with Crippen molar-refractivity contribution in [2.45, 2.75) is 39.8 Å². The Bertz CT molecular complexity index is 352. The molecule has 1 rings (SSSR count). The topological polar surface area (TPSA) is 9.23 Å². The normalized spacial score (nSPS) is 12.8. The quantitative estimate of drug-likeness (QED) is 0.666. The monoisotopic (exact) mass is 248 g/mol. The summed E-state index contributed by atoms with van der Waals surface area (Å²) < 4.78 is 6.08. The van der Waals surface area contributed by atoms with E-state index in [-0.39, 0.29) is 0 Å². The molecule has 0 atom stereocenters. The minimum absolute atomic E-state index is 0.826. The lowest BCUT2D eigenvalue weighted by Gasteiger charge is -2.26. The Labute approximate surface area is 107 Å². The summed E-state index contributed by atoms with van der Waals surface area (Å²) in [6.45, 7) is 9.62. The lowest BCUT2D eigenvalue weighted by atomic mass is 10.1. The first-order valence-corrected chi connectivity index (χ1v) is 8.96. The third kappa shape index (κ3) is 3.82. The minimum atomic E-state index is -1.65. The Morgan fingerprint density at radius 3 is 2.18 bits per heavy atom. The molecule has 0 aliphatic heterocycles. The fourth-order valence-electron chi connectivity index (χ4n) is 2.17. The third-order valence-electron chi connectivity index (χ3n) is 3.34. The number of hydrogen-bond donors (Lipinski definition) is 0. The molecule has 94 valence electrons. The molecule has 0 aliphatic rings. The van der Waals surface area contributed by atoms with Gasteiger partial charge in [0.2, 0.25) is 8.32 Å². The summed E-state index contributed by atoms with van der Waals surface area (Å²) in [6, 6.07) is 12.9. The van der Waals surface area contributed by atoms with Gasteiger partial charge in [-0.25, -0.2) is 0 Å². The fraction of sp³-hybridized carbons (Fsp3) is 0.467. The summed E-state index contributed by atoms with van der Waals surface area (Å²) in [4.78, 5) is 0. The van der Waals surface area contributed by atoms with Gasteiger partial charge in [0.1, 0.15) is 0 Å². The minimum Gasteiger partial charge on any atom is -0.413 e. The molecule has 2 heteroatoms. The summed E-state index contributed by atoms with van der Waals surface area (Å²) in [5.41, 5.74) is 5.09. The van der Waals surface area contributed by atoms with Crippen molar-refractivity contribution in [1.29, 1.82) is 0 Å². The highest BCUT2D eigenvalue weighted by atomic mass is 28.4. The molecule has 0 bridgehead atoms. The molecule has 1 aromatic carbocycles. The smallest absolute Gasteiger partial charge is 0.216 e. The van der Waals surface area contributed by atoms with Crippen LogP contribution in [0.5, 0.6) is 0 Å². The predicted octanol–water partition coefficient (Wildman–Crippen LogP) is 4.65. The zero-order valence-corrected chi connectivity index (χ0v) is 12.5. The van der Waals surface area contributed by atoms with Gasteiger partial charge in [0.15, 0.2) is 0 Å². The molecular formula is C15H24OSi. The van der Waals surface area contributed by atoms with Crippen molar-refractivity contribution >= 4 is 13.9 Å². The molecular weight excluding hydrogens is 224 g/mol. The molecule has 0 aromatic heterocycles. The van der Waals surface area contributed by atoms with Crippen LogP contribution < -0.4 is 0 Å².